The highest BCUT2D eigenvalue weighted by Crippen LogP contribution is 2.37. The number of nitriles is 1. The van der Waals surface area contributed by atoms with Crippen LogP contribution in [0.25, 0.3) is 66.1 Å². The fraction of sp³-hybridized carbons (Fsp3) is 0. The van der Waals surface area contributed by atoms with E-state index in [0.29, 0.717) is 5.56 Å². The molecule has 0 N–H and O–H groups in total. The van der Waals surface area contributed by atoms with Gasteiger partial charge in [0.1, 0.15) is 6.07 Å². The van der Waals surface area contributed by atoms with Gasteiger partial charge in [-0.3, -0.25) is 0 Å². The third-order valence-electron chi connectivity index (χ3n) is 7.97. The Morgan fingerprint density at radius 2 is 0.925 bits per heavy atom. The molecule has 6 aromatic carbocycles. The van der Waals surface area contributed by atoms with Gasteiger partial charge in [-0.2, -0.15) is 5.26 Å². The number of nitrogens with zero attached hydrogens (tertiary/aromatic N) is 3. The van der Waals surface area contributed by atoms with Crippen LogP contribution in [0.5, 0.6) is 0 Å². The lowest BCUT2D eigenvalue weighted by Crippen LogP contribution is -2.00. The van der Waals surface area contributed by atoms with Crippen LogP contribution in [0.4, 0.5) is 0 Å². The van der Waals surface area contributed by atoms with Crippen molar-refractivity contribution in [3.05, 3.63) is 145 Å². The average Bonchev–Trinajstić information content (AvgIpc) is 3.54. The van der Waals surface area contributed by atoms with Crippen LogP contribution in [0, 0.1) is 11.3 Å². The molecule has 3 heteroatoms. The molecule has 186 valence electrons. The molecule has 0 spiro atoms. The van der Waals surface area contributed by atoms with Gasteiger partial charge >= 0.3 is 0 Å². The number of aromatic nitrogens is 2. The lowest BCUT2D eigenvalue weighted by Gasteiger charge is -2.15. The first-order valence-corrected chi connectivity index (χ1v) is 13.4. The van der Waals surface area contributed by atoms with Gasteiger partial charge in [-0.05, 0) is 48.0 Å². The van der Waals surface area contributed by atoms with E-state index < -0.39 is 0 Å². The van der Waals surface area contributed by atoms with E-state index in [1.165, 1.54) is 32.6 Å². The molecule has 8 aromatic rings. The van der Waals surface area contributed by atoms with Gasteiger partial charge < -0.3 is 9.13 Å². The van der Waals surface area contributed by atoms with Crippen molar-refractivity contribution in [2.75, 3.05) is 0 Å². The molecule has 0 atom stereocenters. The van der Waals surface area contributed by atoms with Crippen LogP contribution in [0.15, 0.2) is 140 Å². The Morgan fingerprint density at radius 1 is 0.450 bits per heavy atom. The summed E-state index contributed by atoms with van der Waals surface area (Å²) in [4.78, 5) is 0. The van der Waals surface area contributed by atoms with Gasteiger partial charge in [0.05, 0.1) is 33.3 Å². The standard InChI is InChI=1S/C37H23N3/c38-24-32-27(17-10-22-37(32)40-35-20-7-3-15-30(35)31-16-4-8-21-36(31)40)25-11-9-12-26(23-25)39-33-18-5-1-13-28(33)29-14-2-6-19-34(29)39/h1-23H. The second kappa shape index (κ2) is 8.73. The van der Waals surface area contributed by atoms with Gasteiger partial charge in [0.15, 0.2) is 0 Å². The lowest BCUT2D eigenvalue weighted by atomic mass is 9.98. The first-order valence-electron chi connectivity index (χ1n) is 13.4. The minimum atomic E-state index is 0.661. The van der Waals surface area contributed by atoms with Crippen LogP contribution in [0.2, 0.25) is 0 Å². The Kier molecular flexibility index (Phi) is 4.89. The summed E-state index contributed by atoms with van der Waals surface area (Å²) in [5.74, 6) is 0. The first kappa shape index (κ1) is 22.4. The topological polar surface area (TPSA) is 33.6 Å². The number of hydrogen-bond acceptors (Lipinski definition) is 1. The monoisotopic (exact) mass is 509 g/mol. The summed E-state index contributed by atoms with van der Waals surface area (Å²) in [6.45, 7) is 0. The Bertz CT molecular complexity index is 2180. The van der Waals surface area contributed by atoms with Gasteiger partial charge in [-0.1, -0.05) is 97.1 Å². The van der Waals surface area contributed by atoms with E-state index in [2.05, 4.69) is 155 Å². The van der Waals surface area contributed by atoms with Gasteiger partial charge in [-0.15, -0.1) is 0 Å². The molecule has 0 aliphatic carbocycles. The largest absolute Gasteiger partial charge is 0.309 e. The molecule has 40 heavy (non-hydrogen) atoms. The van der Waals surface area contributed by atoms with Crippen LogP contribution in [0.3, 0.4) is 0 Å². The molecule has 0 saturated heterocycles. The van der Waals surface area contributed by atoms with Gasteiger partial charge in [0.25, 0.3) is 0 Å². The summed E-state index contributed by atoms with van der Waals surface area (Å²) >= 11 is 0. The van der Waals surface area contributed by atoms with Crippen molar-refractivity contribution in [3.8, 4) is 28.6 Å². The van der Waals surface area contributed by atoms with E-state index in [0.717, 1.165) is 33.5 Å². The maximum absolute atomic E-state index is 10.6. The number of rotatable bonds is 3. The highest BCUT2D eigenvalue weighted by atomic mass is 15.0. The molecular weight excluding hydrogens is 486 g/mol. The molecule has 0 radical (unpaired) electrons. The second-order valence-electron chi connectivity index (χ2n) is 10.1. The van der Waals surface area contributed by atoms with Crippen molar-refractivity contribution in [1.29, 1.82) is 5.26 Å². The van der Waals surface area contributed by atoms with E-state index in [9.17, 15) is 5.26 Å². The predicted molar refractivity (Wildman–Crippen MR) is 165 cm³/mol. The van der Waals surface area contributed by atoms with Crippen molar-refractivity contribution >= 4 is 43.6 Å². The normalized spacial score (nSPS) is 11.5. The SMILES string of the molecule is N#Cc1c(-c2cccc(-n3c4ccccc4c4ccccc43)c2)cccc1-n1c2ccccc2c2ccccc21. The number of hydrogen-bond donors (Lipinski definition) is 0. The summed E-state index contributed by atoms with van der Waals surface area (Å²) in [5.41, 5.74) is 9.07. The quantitative estimate of drug-likeness (QED) is 0.233. The van der Waals surface area contributed by atoms with E-state index in [1.54, 1.807) is 0 Å². The molecule has 0 fully saturated rings. The van der Waals surface area contributed by atoms with Crippen molar-refractivity contribution in [2.45, 2.75) is 0 Å². The molecular formula is C37H23N3. The number of fused-ring (bicyclic) bond motifs is 6. The molecule has 0 aliphatic heterocycles. The average molecular weight is 510 g/mol. The van der Waals surface area contributed by atoms with Crippen LogP contribution < -0.4 is 0 Å². The zero-order chi connectivity index (χ0) is 26.6. The second-order valence-corrected chi connectivity index (χ2v) is 10.1. The molecule has 0 amide bonds. The molecule has 0 bridgehead atoms. The molecule has 0 unspecified atom stereocenters. The van der Waals surface area contributed by atoms with Crippen molar-refractivity contribution in [2.24, 2.45) is 0 Å². The zero-order valence-electron chi connectivity index (χ0n) is 21.6. The third kappa shape index (κ3) is 3.17. The Morgan fingerprint density at radius 3 is 1.45 bits per heavy atom. The highest BCUT2D eigenvalue weighted by molar-refractivity contribution is 6.10. The fourth-order valence-corrected chi connectivity index (χ4v) is 6.28. The van der Waals surface area contributed by atoms with Crippen molar-refractivity contribution in [1.82, 2.24) is 9.13 Å². The zero-order valence-corrected chi connectivity index (χ0v) is 21.6. The Balaban J connectivity index is 1.37. The summed E-state index contributed by atoms with van der Waals surface area (Å²) in [7, 11) is 0. The van der Waals surface area contributed by atoms with Crippen molar-refractivity contribution in [3.63, 3.8) is 0 Å². The Labute approximate surface area is 231 Å². The van der Waals surface area contributed by atoms with E-state index in [-0.39, 0.29) is 0 Å². The molecule has 2 aromatic heterocycles. The van der Waals surface area contributed by atoms with Gasteiger partial charge in [-0.25, -0.2) is 0 Å². The fourth-order valence-electron chi connectivity index (χ4n) is 6.28. The molecule has 0 aliphatic rings. The maximum atomic E-state index is 10.6. The molecule has 3 nitrogen and oxygen atoms in total. The molecule has 2 heterocycles. The molecule has 0 saturated carbocycles. The van der Waals surface area contributed by atoms with E-state index in [1.807, 2.05) is 0 Å². The van der Waals surface area contributed by atoms with E-state index in [4.69, 9.17) is 0 Å². The van der Waals surface area contributed by atoms with Gasteiger partial charge in [0.2, 0.25) is 0 Å². The minimum Gasteiger partial charge on any atom is -0.309 e. The smallest absolute Gasteiger partial charge is 0.102 e. The number of para-hydroxylation sites is 4. The predicted octanol–water partition coefficient (Wildman–Crippen LogP) is 9.42. The summed E-state index contributed by atoms with van der Waals surface area (Å²) < 4.78 is 4.54. The van der Waals surface area contributed by atoms with Crippen LogP contribution >= 0.6 is 0 Å². The lowest BCUT2D eigenvalue weighted by molar-refractivity contribution is 1.16. The third-order valence-corrected chi connectivity index (χ3v) is 7.97. The summed E-state index contributed by atoms with van der Waals surface area (Å²) in [5, 5.41) is 15.4. The molecule has 8 rings (SSSR count). The summed E-state index contributed by atoms with van der Waals surface area (Å²) in [6.07, 6.45) is 0. The first-order chi connectivity index (χ1) is 19.8. The highest BCUT2D eigenvalue weighted by Gasteiger charge is 2.18. The Hall–Kier alpha value is -5.59. The van der Waals surface area contributed by atoms with Crippen molar-refractivity contribution < 1.29 is 0 Å². The maximum Gasteiger partial charge on any atom is 0.102 e. The summed E-state index contributed by atoms with van der Waals surface area (Å²) in [6, 6.07) is 51.2. The van der Waals surface area contributed by atoms with Crippen LogP contribution in [-0.4, -0.2) is 9.13 Å². The van der Waals surface area contributed by atoms with Crippen LogP contribution in [0.1, 0.15) is 5.56 Å². The van der Waals surface area contributed by atoms with E-state index >= 15 is 0 Å². The van der Waals surface area contributed by atoms with Gasteiger partial charge in [0, 0.05) is 32.8 Å². The van der Waals surface area contributed by atoms with Crippen LogP contribution in [-0.2, 0) is 0 Å². The number of benzene rings is 6. The minimum absolute atomic E-state index is 0.661.